The molecule has 1 saturated heterocycles. The Hall–Kier alpha value is -0.180. The zero-order chi connectivity index (χ0) is 7.41. The van der Waals surface area contributed by atoms with Crippen LogP contribution in [-0.4, -0.2) is 31.0 Å². The van der Waals surface area contributed by atoms with Crippen molar-refractivity contribution >= 4 is 0 Å². The third kappa shape index (κ3) is 0.641. The topological polar surface area (TPSA) is 3.24 Å². The fourth-order valence-corrected chi connectivity index (χ4v) is 1.87. The average Bonchev–Trinajstić information content (AvgIpc) is 2.40. The van der Waals surface area contributed by atoms with Crippen LogP contribution >= 0.6 is 0 Å². The highest BCUT2D eigenvalue weighted by Gasteiger charge is 2.66. The van der Waals surface area contributed by atoms with Gasteiger partial charge in [0.05, 0.1) is 6.54 Å². The molecule has 1 aliphatic heterocycles. The Balaban J connectivity index is 2.21. The van der Waals surface area contributed by atoms with Crippen LogP contribution in [0.1, 0.15) is 12.8 Å². The molecule has 1 nitrogen and oxygen atoms in total. The molecule has 10 heavy (non-hydrogen) atoms. The van der Waals surface area contributed by atoms with Crippen LogP contribution in [0.15, 0.2) is 0 Å². The van der Waals surface area contributed by atoms with Crippen molar-refractivity contribution in [3.05, 3.63) is 0 Å². The van der Waals surface area contributed by atoms with Gasteiger partial charge in [-0.2, -0.15) is 0 Å². The molecule has 0 unspecified atom stereocenters. The summed E-state index contributed by atoms with van der Waals surface area (Å²) in [6.45, 7) is 0.562. The summed E-state index contributed by atoms with van der Waals surface area (Å²) in [7, 11) is 1.76. The van der Waals surface area contributed by atoms with Gasteiger partial charge in [-0.1, -0.05) is 0 Å². The molecule has 2 aliphatic rings. The van der Waals surface area contributed by atoms with Crippen LogP contribution < -0.4 is 0 Å². The van der Waals surface area contributed by atoms with E-state index in [-0.39, 0.29) is 6.54 Å². The minimum Gasteiger partial charge on any atom is -0.300 e. The molecule has 1 heterocycles. The standard InChI is InChI=1S/C7H11F2N/c1-10-4-6(2-3-6)7(8,9)5-10/h2-5H2,1H3. The maximum atomic E-state index is 13.0. The van der Waals surface area contributed by atoms with Crippen LogP contribution in [0.4, 0.5) is 8.78 Å². The predicted molar refractivity (Wildman–Crippen MR) is 34.1 cm³/mol. The van der Waals surface area contributed by atoms with Gasteiger partial charge in [-0.05, 0) is 19.9 Å². The summed E-state index contributed by atoms with van der Waals surface area (Å²) in [6, 6.07) is 0. The first-order chi connectivity index (χ1) is 4.56. The van der Waals surface area contributed by atoms with Gasteiger partial charge in [-0.3, -0.25) is 4.90 Å². The second-order valence-electron chi connectivity index (χ2n) is 3.66. The quantitative estimate of drug-likeness (QED) is 0.500. The number of rotatable bonds is 0. The molecular weight excluding hydrogens is 136 g/mol. The molecule has 0 aromatic rings. The highest BCUT2D eigenvalue weighted by molar-refractivity contribution is 5.10. The Labute approximate surface area is 59.0 Å². The molecular formula is C7H11F2N. The van der Waals surface area contributed by atoms with Gasteiger partial charge >= 0.3 is 0 Å². The Morgan fingerprint density at radius 3 is 2.00 bits per heavy atom. The molecule has 2 rings (SSSR count). The monoisotopic (exact) mass is 147 g/mol. The van der Waals surface area contributed by atoms with E-state index in [2.05, 4.69) is 0 Å². The first kappa shape index (κ1) is 6.53. The van der Waals surface area contributed by atoms with Crippen molar-refractivity contribution in [1.82, 2.24) is 4.90 Å². The lowest BCUT2D eigenvalue weighted by molar-refractivity contribution is -0.0375. The Morgan fingerprint density at radius 2 is 1.80 bits per heavy atom. The van der Waals surface area contributed by atoms with E-state index in [9.17, 15) is 8.78 Å². The van der Waals surface area contributed by atoms with E-state index in [1.54, 1.807) is 11.9 Å². The zero-order valence-electron chi connectivity index (χ0n) is 6.03. The largest absolute Gasteiger partial charge is 0.300 e. The molecule has 1 aliphatic carbocycles. The molecule has 0 aromatic heterocycles. The van der Waals surface area contributed by atoms with Crippen LogP contribution in [0, 0.1) is 5.41 Å². The van der Waals surface area contributed by atoms with Gasteiger partial charge in [0.2, 0.25) is 0 Å². The fraction of sp³-hybridized carbons (Fsp3) is 1.00. The van der Waals surface area contributed by atoms with Crippen LogP contribution in [0.5, 0.6) is 0 Å². The van der Waals surface area contributed by atoms with E-state index in [0.717, 1.165) is 12.8 Å². The summed E-state index contributed by atoms with van der Waals surface area (Å²) < 4.78 is 26.0. The molecule has 0 N–H and O–H groups in total. The summed E-state index contributed by atoms with van der Waals surface area (Å²) in [4.78, 5) is 1.73. The van der Waals surface area contributed by atoms with Gasteiger partial charge in [0, 0.05) is 12.0 Å². The summed E-state index contributed by atoms with van der Waals surface area (Å²) in [5.74, 6) is -2.40. The van der Waals surface area contributed by atoms with Gasteiger partial charge < -0.3 is 0 Å². The smallest absolute Gasteiger partial charge is 0.267 e. The summed E-state index contributed by atoms with van der Waals surface area (Å²) in [5, 5.41) is 0. The summed E-state index contributed by atoms with van der Waals surface area (Å²) >= 11 is 0. The number of hydrogen-bond acceptors (Lipinski definition) is 1. The van der Waals surface area contributed by atoms with E-state index in [0.29, 0.717) is 6.54 Å². The SMILES string of the molecule is CN1CC(F)(F)C2(CC2)C1. The molecule has 3 heteroatoms. The number of hydrogen-bond donors (Lipinski definition) is 0. The highest BCUT2D eigenvalue weighted by atomic mass is 19.3. The molecule has 2 fully saturated rings. The fourth-order valence-electron chi connectivity index (χ4n) is 1.87. The molecule has 0 amide bonds. The maximum Gasteiger partial charge on any atom is 0.267 e. The molecule has 0 bridgehead atoms. The normalized spacial score (nSPS) is 35.1. The van der Waals surface area contributed by atoms with Gasteiger partial charge in [0.15, 0.2) is 0 Å². The van der Waals surface area contributed by atoms with Gasteiger partial charge in [-0.15, -0.1) is 0 Å². The lowest BCUT2D eigenvalue weighted by Crippen LogP contribution is -2.28. The van der Waals surface area contributed by atoms with Gasteiger partial charge in [0.25, 0.3) is 5.92 Å². The molecule has 0 atom stereocenters. The first-order valence-electron chi connectivity index (χ1n) is 3.62. The predicted octanol–water partition coefficient (Wildman–Crippen LogP) is 1.35. The molecule has 58 valence electrons. The van der Waals surface area contributed by atoms with E-state index in [1.165, 1.54) is 0 Å². The zero-order valence-corrected chi connectivity index (χ0v) is 6.03. The summed E-state index contributed by atoms with van der Waals surface area (Å²) in [5.41, 5.74) is -0.595. The van der Waals surface area contributed by atoms with E-state index < -0.39 is 11.3 Å². The van der Waals surface area contributed by atoms with Crippen LogP contribution in [-0.2, 0) is 0 Å². The number of alkyl halides is 2. The second kappa shape index (κ2) is 1.52. The van der Waals surface area contributed by atoms with Gasteiger partial charge in [-0.25, -0.2) is 8.78 Å². The highest BCUT2D eigenvalue weighted by Crippen LogP contribution is 2.60. The summed E-state index contributed by atoms with van der Waals surface area (Å²) in [6.07, 6.45) is 1.45. The van der Waals surface area contributed by atoms with Crippen LogP contribution in [0.2, 0.25) is 0 Å². The first-order valence-corrected chi connectivity index (χ1v) is 3.62. The lowest BCUT2D eigenvalue weighted by Gasteiger charge is -2.14. The average molecular weight is 147 g/mol. The third-order valence-electron chi connectivity index (χ3n) is 2.67. The third-order valence-corrected chi connectivity index (χ3v) is 2.67. The van der Waals surface area contributed by atoms with Crippen molar-refractivity contribution in [2.75, 3.05) is 20.1 Å². The van der Waals surface area contributed by atoms with E-state index in [4.69, 9.17) is 0 Å². The molecule has 1 spiro atoms. The van der Waals surface area contributed by atoms with Gasteiger partial charge in [0.1, 0.15) is 0 Å². The van der Waals surface area contributed by atoms with Crippen molar-refractivity contribution in [3.8, 4) is 0 Å². The number of likely N-dealkylation sites (tertiary alicyclic amines) is 1. The Kier molecular flexibility index (Phi) is 0.994. The number of nitrogens with zero attached hydrogens (tertiary/aromatic N) is 1. The van der Waals surface area contributed by atoms with Crippen molar-refractivity contribution in [2.24, 2.45) is 5.41 Å². The van der Waals surface area contributed by atoms with Crippen LogP contribution in [0.25, 0.3) is 0 Å². The minimum atomic E-state index is -2.40. The molecule has 1 saturated carbocycles. The molecule has 0 radical (unpaired) electrons. The Morgan fingerprint density at radius 1 is 1.20 bits per heavy atom. The van der Waals surface area contributed by atoms with E-state index >= 15 is 0 Å². The van der Waals surface area contributed by atoms with Crippen molar-refractivity contribution in [3.63, 3.8) is 0 Å². The second-order valence-corrected chi connectivity index (χ2v) is 3.66. The molecule has 0 aromatic carbocycles. The lowest BCUT2D eigenvalue weighted by atomic mass is 10.0. The van der Waals surface area contributed by atoms with Crippen molar-refractivity contribution < 1.29 is 8.78 Å². The minimum absolute atomic E-state index is 0.0347. The van der Waals surface area contributed by atoms with Crippen molar-refractivity contribution in [2.45, 2.75) is 18.8 Å². The van der Waals surface area contributed by atoms with E-state index in [1.807, 2.05) is 0 Å². The Bertz CT molecular complexity index is 157. The maximum absolute atomic E-state index is 13.0. The number of halogens is 2. The van der Waals surface area contributed by atoms with Crippen LogP contribution in [0.3, 0.4) is 0 Å². The van der Waals surface area contributed by atoms with Crippen molar-refractivity contribution in [1.29, 1.82) is 0 Å².